The topological polar surface area (TPSA) is 112 Å². The molecule has 2 amide bonds. The lowest BCUT2D eigenvalue weighted by Gasteiger charge is -2.19. The van der Waals surface area contributed by atoms with Crippen molar-refractivity contribution in [2.45, 2.75) is 12.5 Å². The largest absolute Gasteiger partial charge is 0.508 e. The van der Waals surface area contributed by atoms with Gasteiger partial charge in [0.2, 0.25) is 11.9 Å². The summed E-state index contributed by atoms with van der Waals surface area (Å²) in [6.45, 7) is 0. The van der Waals surface area contributed by atoms with Gasteiger partial charge >= 0.3 is 0 Å². The van der Waals surface area contributed by atoms with Gasteiger partial charge in [0.15, 0.2) is 0 Å². The molecule has 0 saturated carbocycles. The van der Waals surface area contributed by atoms with E-state index >= 15 is 0 Å². The van der Waals surface area contributed by atoms with Crippen molar-refractivity contribution in [1.29, 1.82) is 0 Å². The number of aromatic hydroxyl groups is 1. The predicted molar refractivity (Wildman–Crippen MR) is 134 cm³/mol. The van der Waals surface area contributed by atoms with Crippen molar-refractivity contribution in [2.24, 2.45) is 0 Å². The van der Waals surface area contributed by atoms with Gasteiger partial charge in [0, 0.05) is 25.3 Å². The van der Waals surface area contributed by atoms with Crippen LogP contribution in [-0.4, -0.2) is 45.8 Å². The molecule has 0 saturated heterocycles. The Balaban J connectivity index is 1.48. The van der Waals surface area contributed by atoms with Crippen molar-refractivity contribution in [3.05, 3.63) is 96.3 Å². The molecule has 178 valence electrons. The van der Waals surface area contributed by atoms with Crippen LogP contribution in [0, 0.1) is 0 Å². The van der Waals surface area contributed by atoms with Gasteiger partial charge in [-0.2, -0.15) is 4.98 Å². The number of anilines is 2. The van der Waals surface area contributed by atoms with Crippen LogP contribution in [-0.2, 0) is 4.79 Å². The van der Waals surface area contributed by atoms with Gasteiger partial charge < -0.3 is 20.6 Å². The van der Waals surface area contributed by atoms with Crippen LogP contribution in [0.25, 0.3) is 5.69 Å². The molecule has 1 heterocycles. The highest BCUT2D eigenvalue weighted by atomic mass is 16.3. The third-order valence-electron chi connectivity index (χ3n) is 5.30. The molecule has 1 atom stereocenters. The number of amides is 2. The number of nitrogens with one attached hydrogen (secondary N) is 2. The summed E-state index contributed by atoms with van der Waals surface area (Å²) in [5.74, 6) is 0.0622. The first-order chi connectivity index (χ1) is 16.9. The van der Waals surface area contributed by atoms with Crippen molar-refractivity contribution in [3.8, 4) is 11.4 Å². The first-order valence-electron chi connectivity index (χ1n) is 11.0. The molecule has 3 N–H and O–H groups in total. The lowest BCUT2D eigenvalue weighted by Crippen LogP contribution is -2.31. The number of phenols is 1. The lowest BCUT2D eigenvalue weighted by atomic mass is 10.0. The Morgan fingerprint density at radius 1 is 1.00 bits per heavy atom. The van der Waals surface area contributed by atoms with Gasteiger partial charge in [-0.15, -0.1) is 5.10 Å². The number of hydrogen-bond acceptors (Lipinski definition) is 6. The zero-order valence-corrected chi connectivity index (χ0v) is 19.4. The smallest absolute Gasteiger partial charge is 0.251 e. The van der Waals surface area contributed by atoms with Crippen LogP contribution in [0.4, 0.5) is 11.6 Å². The number of carbonyl (C=O) groups excluding carboxylic acids is 2. The summed E-state index contributed by atoms with van der Waals surface area (Å²) in [5.41, 5.74) is 2.55. The van der Waals surface area contributed by atoms with Gasteiger partial charge in [-0.3, -0.25) is 9.59 Å². The molecule has 3 aromatic carbocycles. The fourth-order valence-corrected chi connectivity index (χ4v) is 3.50. The van der Waals surface area contributed by atoms with E-state index in [4.69, 9.17) is 0 Å². The first kappa shape index (κ1) is 23.5. The normalized spacial score (nSPS) is 11.5. The van der Waals surface area contributed by atoms with Gasteiger partial charge in [0.25, 0.3) is 5.91 Å². The van der Waals surface area contributed by atoms with E-state index in [0.717, 1.165) is 11.3 Å². The van der Waals surface area contributed by atoms with Crippen molar-refractivity contribution < 1.29 is 14.7 Å². The van der Waals surface area contributed by atoms with E-state index in [-0.39, 0.29) is 24.0 Å². The molecular formula is C26H26N6O3. The SMILES string of the molecule is CN(C)c1ncn(-c2cccc(NC(=O)CC(NC(=O)c3ccc(O)cc3)c3ccccc3)c2)n1. The Bertz CT molecular complexity index is 1300. The zero-order valence-electron chi connectivity index (χ0n) is 19.4. The molecule has 4 aromatic rings. The first-order valence-corrected chi connectivity index (χ1v) is 11.0. The molecule has 0 spiro atoms. The van der Waals surface area contributed by atoms with Crippen LogP contribution in [0.15, 0.2) is 85.2 Å². The second kappa shape index (κ2) is 10.5. The van der Waals surface area contributed by atoms with E-state index in [1.165, 1.54) is 24.3 Å². The second-order valence-electron chi connectivity index (χ2n) is 8.17. The number of hydrogen-bond donors (Lipinski definition) is 3. The van der Waals surface area contributed by atoms with Gasteiger partial charge in [-0.1, -0.05) is 36.4 Å². The summed E-state index contributed by atoms with van der Waals surface area (Å²) >= 11 is 0. The molecule has 1 aromatic heterocycles. The number of phenolic OH excluding ortho intramolecular Hbond substituents is 1. The average Bonchev–Trinajstić information content (AvgIpc) is 3.36. The molecule has 0 bridgehead atoms. The van der Waals surface area contributed by atoms with Gasteiger partial charge in [-0.25, -0.2) is 4.68 Å². The maximum Gasteiger partial charge on any atom is 0.251 e. The highest BCUT2D eigenvalue weighted by Gasteiger charge is 2.19. The molecular weight excluding hydrogens is 444 g/mol. The van der Waals surface area contributed by atoms with Gasteiger partial charge in [-0.05, 0) is 48.0 Å². The van der Waals surface area contributed by atoms with Crippen LogP contribution in [0.2, 0.25) is 0 Å². The lowest BCUT2D eigenvalue weighted by molar-refractivity contribution is -0.116. The zero-order chi connectivity index (χ0) is 24.8. The number of benzene rings is 3. The minimum atomic E-state index is -0.543. The van der Waals surface area contributed by atoms with Crippen molar-refractivity contribution in [1.82, 2.24) is 20.1 Å². The summed E-state index contributed by atoms with van der Waals surface area (Å²) in [6.07, 6.45) is 1.65. The predicted octanol–water partition coefficient (Wildman–Crippen LogP) is 3.54. The number of nitrogens with zero attached hydrogens (tertiary/aromatic N) is 4. The van der Waals surface area contributed by atoms with Crippen LogP contribution in [0.3, 0.4) is 0 Å². The summed E-state index contributed by atoms with van der Waals surface area (Å²) in [7, 11) is 3.72. The molecule has 1 unspecified atom stereocenters. The van der Waals surface area contributed by atoms with Crippen LogP contribution >= 0.6 is 0 Å². The minimum absolute atomic E-state index is 0.0339. The Kier molecular flexibility index (Phi) is 7.06. The fraction of sp³-hybridized carbons (Fsp3) is 0.154. The Hall–Kier alpha value is -4.66. The molecule has 0 aliphatic carbocycles. The monoisotopic (exact) mass is 470 g/mol. The maximum absolute atomic E-state index is 13.0. The van der Waals surface area contributed by atoms with Crippen molar-refractivity contribution in [2.75, 3.05) is 24.3 Å². The molecule has 9 nitrogen and oxygen atoms in total. The van der Waals surface area contributed by atoms with Gasteiger partial charge in [0.05, 0.1) is 18.2 Å². The molecule has 4 rings (SSSR count). The Labute approximate surface area is 203 Å². The summed E-state index contributed by atoms with van der Waals surface area (Å²) in [5, 5.41) is 19.7. The van der Waals surface area contributed by atoms with Crippen LogP contribution in [0.1, 0.15) is 28.4 Å². The quantitative estimate of drug-likeness (QED) is 0.363. The molecule has 0 aliphatic rings. The third kappa shape index (κ3) is 6.02. The van der Waals surface area contributed by atoms with E-state index in [9.17, 15) is 14.7 Å². The van der Waals surface area contributed by atoms with Crippen molar-refractivity contribution in [3.63, 3.8) is 0 Å². The second-order valence-corrected chi connectivity index (χ2v) is 8.17. The van der Waals surface area contributed by atoms with E-state index < -0.39 is 6.04 Å². The van der Waals surface area contributed by atoms with E-state index in [2.05, 4.69) is 20.7 Å². The Morgan fingerprint density at radius 3 is 2.43 bits per heavy atom. The van der Waals surface area contributed by atoms with E-state index in [1.807, 2.05) is 56.6 Å². The van der Waals surface area contributed by atoms with E-state index in [1.54, 1.807) is 28.0 Å². The number of aromatic nitrogens is 3. The summed E-state index contributed by atoms with van der Waals surface area (Å²) in [6, 6.07) is 22.0. The number of rotatable bonds is 8. The highest BCUT2D eigenvalue weighted by molar-refractivity contribution is 5.96. The van der Waals surface area contributed by atoms with E-state index in [0.29, 0.717) is 17.2 Å². The fourth-order valence-electron chi connectivity index (χ4n) is 3.50. The average molecular weight is 471 g/mol. The van der Waals surface area contributed by atoms with Crippen molar-refractivity contribution >= 4 is 23.5 Å². The maximum atomic E-state index is 13.0. The van der Waals surface area contributed by atoms with Gasteiger partial charge in [0.1, 0.15) is 12.1 Å². The summed E-state index contributed by atoms with van der Waals surface area (Å²) < 4.78 is 1.63. The molecule has 9 heteroatoms. The summed E-state index contributed by atoms with van der Waals surface area (Å²) in [4.78, 5) is 31.8. The van der Waals surface area contributed by atoms with Crippen LogP contribution in [0.5, 0.6) is 5.75 Å². The Morgan fingerprint density at radius 2 is 1.74 bits per heavy atom. The standard InChI is InChI=1S/C26H26N6O3/c1-31(2)26-27-17-32(30-26)21-10-6-9-20(15-21)28-24(34)16-23(18-7-4-3-5-8-18)29-25(35)19-11-13-22(33)14-12-19/h3-15,17,23,33H,16H2,1-2H3,(H,28,34)(H,29,35). The molecule has 35 heavy (non-hydrogen) atoms. The number of carbonyl (C=O) groups is 2. The van der Waals surface area contributed by atoms with Crippen LogP contribution < -0.4 is 15.5 Å². The minimum Gasteiger partial charge on any atom is -0.508 e. The molecule has 0 fully saturated rings. The highest BCUT2D eigenvalue weighted by Crippen LogP contribution is 2.21. The molecule has 0 radical (unpaired) electrons. The third-order valence-corrected chi connectivity index (χ3v) is 5.30. The molecule has 0 aliphatic heterocycles.